The summed E-state index contributed by atoms with van der Waals surface area (Å²) in [5.41, 5.74) is 0.982. The third-order valence-corrected chi connectivity index (χ3v) is 7.32. The fraction of sp³-hybridized carbons (Fsp3) is 0.778. The molecule has 0 unspecified atom stereocenters. The van der Waals surface area contributed by atoms with Gasteiger partial charge in [0.15, 0.2) is 0 Å². The lowest BCUT2D eigenvalue weighted by Gasteiger charge is -2.39. The number of thiophene rings is 1. The van der Waals surface area contributed by atoms with Gasteiger partial charge in [-0.15, -0.1) is 11.3 Å². The fourth-order valence-electron chi connectivity index (χ4n) is 1.75. The zero-order chi connectivity index (χ0) is 15.3. The van der Waals surface area contributed by atoms with E-state index in [1.165, 1.54) is 9.75 Å². The van der Waals surface area contributed by atoms with Gasteiger partial charge in [-0.05, 0) is 23.0 Å². The van der Waals surface area contributed by atoms with Gasteiger partial charge < -0.3 is 0 Å². The summed E-state index contributed by atoms with van der Waals surface area (Å²) in [5, 5.41) is 0. The quantitative estimate of drug-likeness (QED) is 0.588. The Kier molecular flexibility index (Phi) is 4.07. The first kappa shape index (κ1) is 16.8. The molecule has 1 aromatic heterocycles. The second-order valence-electron chi connectivity index (χ2n) is 8.91. The Morgan fingerprint density at radius 2 is 0.842 bits per heavy atom. The van der Waals surface area contributed by atoms with Crippen LogP contribution in [0.25, 0.3) is 0 Å². The molecule has 110 valence electrons. The molecule has 0 spiro atoms. The first-order valence-electron chi connectivity index (χ1n) is 7.32. The second kappa shape index (κ2) is 4.62. The van der Waals surface area contributed by atoms with E-state index < -0.39 is 0 Å². The van der Waals surface area contributed by atoms with Crippen molar-refractivity contribution < 1.29 is 0 Å². The van der Waals surface area contributed by atoms with Crippen LogP contribution in [0.15, 0.2) is 12.1 Å². The van der Waals surface area contributed by atoms with Crippen LogP contribution in [0.5, 0.6) is 0 Å². The van der Waals surface area contributed by atoms with Gasteiger partial charge in [-0.3, -0.25) is 0 Å². The summed E-state index contributed by atoms with van der Waals surface area (Å²) in [5.74, 6) is 0. The third-order valence-electron chi connectivity index (χ3n) is 5.59. The van der Waals surface area contributed by atoms with Crippen molar-refractivity contribution >= 4 is 11.3 Å². The molecule has 0 atom stereocenters. The minimum atomic E-state index is 0.212. The van der Waals surface area contributed by atoms with Crippen LogP contribution in [0.2, 0.25) is 0 Å². The van der Waals surface area contributed by atoms with E-state index in [-0.39, 0.29) is 21.7 Å². The van der Waals surface area contributed by atoms with Crippen molar-refractivity contribution in [1.82, 2.24) is 0 Å². The van der Waals surface area contributed by atoms with E-state index in [0.29, 0.717) is 0 Å². The summed E-state index contributed by atoms with van der Waals surface area (Å²) in [6, 6.07) is 4.69. The largest absolute Gasteiger partial charge is 0.144 e. The smallest absolute Gasteiger partial charge is 0.0110 e. The summed E-state index contributed by atoms with van der Waals surface area (Å²) in [4.78, 5) is 3.01. The molecular weight excluding hydrogens is 248 g/mol. The molecule has 0 aliphatic rings. The molecule has 0 fully saturated rings. The Morgan fingerprint density at radius 3 is 1.05 bits per heavy atom. The number of rotatable bonds is 2. The minimum Gasteiger partial charge on any atom is -0.144 e. The van der Waals surface area contributed by atoms with E-state index in [4.69, 9.17) is 0 Å². The maximum Gasteiger partial charge on any atom is 0.0110 e. The number of hydrogen-bond acceptors (Lipinski definition) is 1. The topological polar surface area (TPSA) is 0 Å². The van der Waals surface area contributed by atoms with Crippen LogP contribution >= 0.6 is 11.3 Å². The van der Waals surface area contributed by atoms with E-state index in [0.717, 1.165) is 0 Å². The van der Waals surface area contributed by atoms with Gasteiger partial charge in [0, 0.05) is 20.6 Å². The molecule has 0 radical (unpaired) electrons. The molecule has 0 saturated carbocycles. The molecular formula is C18H32S. The van der Waals surface area contributed by atoms with Gasteiger partial charge in [-0.2, -0.15) is 0 Å². The predicted octanol–water partition coefficient (Wildman–Crippen LogP) is 6.40. The highest BCUT2D eigenvalue weighted by Crippen LogP contribution is 2.48. The second-order valence-corrected chi connectivity index (χ2v) is 10.00. The van der Waals surface area contributed by atoms with Gasteiger partial charge in [0.2, 0.25) is 0 Å². The highest BCUT2D eigenvalue weighted by molar-refractivity contribution is 7.12. The molecule has 0 aliphatic heterocycles. The van der Waals surface area contributed by atoms with E-state index >= 15 is 0 Å². The summed E-state index contributed by atoms with van der Waals surface area (Å²) in [6.45, 7) is 23.5. The molecule has 0 aliphatic carbocycles. The van der Waals surface area contributed by atoms with Gasteiger partial charge in [-0.1, -0.05) is 69.2 Å². The van der Waals surface area contributed by atoms with Crippen LogP contribution < -0.4 is 0 Å². The Bertz CT molecular complexity index is 392. The van der Waals surface area contributed by atoms with Crippen molar-refractivity contribution in [2.45, 2.75) is 80.1 Å². The zero-order valence-electron chi connectivity index (χ0n) is 14.6. The van der Waals surface area contributed by atoms with E-state index in [1.807, 2.05) is 11.3 Å². The van der Waals surface area contributed by atoms with Crippen molar-refractivity contribution in [3.05, 3.63) is 21.9 Å². The van der Waals surface area contributed by atoms with Gasteiger partial charge in [-0.25, -0.2) is 0 Å². The van der Waals surface area contributed by atoms with E-state index in [9.17, 15) is 0 Å². The molecule has 0 bridgehead atoms. The van der Waals surface area contributed by atoms with Crippen LogP contribution in [0, 0.1) is 10.8 Å². The summed E-state index contributed by atoms with van der Waals surface area (Å²) < 4.78 is 0. The molecule has 0 nitrogen and oxygen atoms in total. The van der Waals surface area contributed by atoms with Crippen LogP contribution in [-0.2, 0) is 10.8 Å². The Morgan fingerprint density at radius 1 is 0.579 bits per heavy atom. The van der Waals surface area contributed by atoms with Crippen LogP contribution in [0.3, 0.4) is 0 Å². The molecule has 0 saturated heterocycles. The molecule has 1 aromatic rings. The van der Waals surface area contributed by atoms with E-state index in [1.54, 1.807) is 0 Å². The Labute approximate surface area is 124 Å². The molecule has 0 aromatic carbocycles. The van der Waals surface area contributed by atoms with Gasteiger partial charge >= 0.3 is 0 Å². The molecule has 0 amide bonds. The highest BCUT2D eigenvalue weighted by Gasteiger charge is 2.39. The maximum atomic E-state index is 2.37. The minimum absolute atomic E-state index is 0.212. The van der Waals surface area contributed by atoms with Crippen molar-refractivity contribution in [1.29, 1.82) is 0 Å². The van der Waals surface area contributed by atoms with Gasteiger partial charge in [0.05, 0.1) is 0 Å². The standard InChI is InChI=1S/C18H32S/c1-15(2,3)17(7,8)13-11-12-14(19-13)18(9,10)16(4,5)6/h11-12H,1-10H3. The molecule has 1 heteroatoms. The predicted molar refractivity (Wildman–Crippen MR) is 89.3 cm³/mol. The Balaban J connectivity index is 3.22. The summed E-state index contributed by atoms with van der Waals surface area (Å²) >= 11 is 2.00. The Hall–Kier alpha value is -0.300. The molecule has 19 heavy (non-hydrogen) atoms. The first-order valence-corrected chi connectivity index (χ1v) is 8.14. The SMILES string of the molecule is CC(C)(C)C(C)(C)c1ccc(C(C)(C)C(C)(C)C)s1. The lowest BCUT2D eigenvalue weighted by Crippen LogP contribution is -2.34. The van der Waals surface area contributed by atoms with E-state index in [2.05, 4.69) is 81.4 Å². The zero-order valence-corrected chi connectivity index (χ0v) is 15.4. The van der Waals surface area contributed by atoms with Crippen molar-refractivity contribution in [2.75, 3.05) is 0 Å². The maximum absolute atomic E-state index is 2.37. The van der Waals surface area contributed by atoms with Crippen LogP contribution in [-0.4, -0.2) is 0 Å². The molecule has 1 heterocycles. The van der Waals surface area contributed by atoms with Crippen LogP contribution in [0.4, 0.5) is 0 Å². The average Bonchev–Trinajstić information content (AvgIpc) is 2.62. The first-order chi connectivity index (χ1) is 8.21. The summed E-state index contributed by atoms with van der Waals surface area (Å²) in [6.07, 6.45) is 0. The van der Waals surface area contributed by atoms with Crippen molar-refractivity contribution in [2.24, 2.45) is 10.8 Å². The lowest BCUT2D eigenvalue weighted by atomic mass is 9.68. The number of hydrogen-bond donors (Lipinski definition) is 0. The molecule has 0 N–H and O–H groups in total. The molecule has 1 rings (SSSR count). The normalized spacial score (nSPS) is 14.8. The lowest BCUT2D eigenvalue weighted by molar-refractivity contribution is 0.228. The van der Waals surface area contributed by atoms with Gasteiger partial charge in [0.25, 0.3) is 0 Å². The fourth-order valence-corrected chi connectivity index (χ4v) is 3.38. The third kappa shape index (κ3) is 2.91. The monoisotopic (exact) mass is 280 g/mol. The van der Waals surface area contributed by atoms with Crippen molar-refractivity contribution in [3.63, 3.8) is 0 Å². The van der Waals surface area contributed by atoms with Gasteiger partial charge in [0.1, 0.15) is 0 Å². The summed E-state index contributed by atoms with van der Waals surface area (Å²) in [7, 11) is 0. The van der Waals surface area contributed by atoms with Crippen molar-refractivity contribution in [3.8, 4) is 0 Å². The highest BCUT2D eigenvalue weighted by atomic mass is 32.1. The average molecular weight is 281 g/mol. The van der Waals surface area contributed by atoms with Crippen LogP contribution in [0.1, 0.15) is 79.0 Å².